The number of carbonyl (C=O) groups excluding carboxylic acids is 1. The van der Waals surface area contributed by atoms with Gasteiger partial charge in [0, 0.05) is 31.1 Å². The van der Waals surface area contributed by atoms with Crippen molar-refractivity contribution in [2.45, 2.75) is 91.0 Å². The summed E-state index contributed by atoms with van der Waals surface area (Å²) in [6, 6.07) is 0.581. The number of likely N-dealkylation sites (tertiary alicyclic amines) is 1. The van der Waals surface area contributed by atoms with Crippen LogP contribution < -0.4 is 0 Å². The zero-order chi connectivity index (χ0) is 20.1. The van der Waals surface area contributed by atoms with Crippen molar-refractivity contribution >= 4 is 5.78 Å². The van der Waals surface area contributed by atoms with Crippen molar-refractivity contribution in [2.24, 2.45) is 17.8 Å². The molecule has 0 aromatic carbocycles. The topological polar surface area (TPSA) is 38.1 Å². The number of rotatable bonds is 8. The Kier molecular flexibility index (Phi) is 7.73. The quantitative estimate of drug-likeness (QED) is 0.595. The van der Waals surface area contributed by atoms with Crippen molar-refractivity contribution in [1.82, 2.24) is 14.7 Å². The highest BCUT2D eigenvalue weighted by Gasteiger charge is 2.27. The van der Waals surface area contributed by atoms with E-state index in [1.165, 1.54) is 63.7 Å². The van der Waals surface area contributed by atoms with E-state index in [1.807, 2.05) is 20.0 Å². The summed E-state index contributed by atoms with van der Waals surface area (Å²) in [5, 5.41) is 4.61. The molecule has 28 heavy (non-hydrogen) atoms. The third-order valence-corrected chi connectivity index (χ3v) is 7.12. The van der Waals surface area contributed by atoms with Gasteiger partial charge in [-0.05, 0) is 75.3 Å². The van der Waals surface area contributed by atoms with Crippen LogP contribution in [-0.2, 0) is 4.79 Å². The van der Waals surface area contributed by atoms with Crippen LogP contribution in [0.25, 0.3) is 0 Å². The van der Waals surface area contributed by atoms with Gasteiger partial charge in [0.1, 0.15) is 5.78 Å². The van der Waals surface area contributed by atoms with Crippen LogP contribution in [0.1, 0.15) is 96.6 Å². The Labute approximate surface area is 172 Å². The molecule has 2 heterocycles. The maximum Gasteiger partial charge on any atom is 0.138 e. The summed E-state index contributed by atoms with van der Waals surface area (Å²) in [6.45, 7) is 12.2. The van der Waals surface area contributed by atoms with Gasteiger partial charge in [0.05, 0.1) is 12.2 Å². The molecule has 158 valence electrons. The maximum absolute atomic E-state index is 12.2. The molecular weight excluding hydrogens is 346 g/mol. The molecule has 1 aliphatic heterocycles. The van der Waals surface area contributed by atoms with Crippen LogP contribution in [0, 0.1) is 17.8 Å². The van der Waals surface area contributed by atoms with E-state index in [1.54, 1.807) is 0 Å². The fraction of sp³-hybridized carbons (Fsp3) is 0.833. The average Bonchev–Trinajstić information content (AvgIpc) is 3.19. The smallest absolute Gasteiger partial charge is 0.138 e. The minimum atomic E-state index is 0.211. The van der Waals surface area contributed by atoms with E-state index in [9.17, 15) is 4.79 Å². The highest BCUT2D eigenvalue weighted by molar-refractivity contribution is 5.82. The lowest BCUT2D eigenvalue weighted by molar-refractivity contribution is -0.127. The SMILES string of the molecule is CC(C)C(=O)C1CCC(CCCN2CCC(n3cc(C(C)C)cn3)CC2)CC1. The molecule has 0 unspecified atom stereocenters. The molecule has 1 aliphatic carbocycles. The Morgan fingerprint density at radius 1 is 1.07 bits per heavy atom. The molecule has 1 aromatic rings. The van der Waals surface area contributed by atoms with Crippen molar-refractivity contribution in [2.75, 3.05) is 19.6 Å². The highest BCUT2D eigenvalue weighted by atomic mass is 16.1. The van der Waals surface area contributed by atoms with E-state index < -0.39 is 0 Å². The van der Waals surface area contributed by atoms with Crippen molar-refractivity contribution in [3.05, 3.63) is 18.0 Å². The summed E-state index contributed by atoms with van der Waals surface area (Å²) >= 11 is 0. The Balaban J connectivity index is 1.31. The van der Waals surface area contributed by atoms with E-state index in [-0.39, 0.29) is 5.92 Å². The van der Waals surface area contributed by atoms with Gasteiger partial charge in [-0.1, -0.05) is 27.7 Å². The van der Waals surface area contributed by atoms with E-state index >= 15 is 0 Å². The predicted octanol–water partition coefficient (Wildman–Crippen LogP) is 5.46. The minimum absolute atomic E-state index is 0.211. The zero-order valence-corrected chi connectivity index (χ0v) is 18.6. The van der Waals surface area contributed by atoms with Gasteiger partial charge in [-0.3, -0.25) is 9.48 Å². The number of piperidine rings is 1. The highest BCUT2D eigenvalue weighted by Crippen LogP contribution is 2.33. The molecule has 0 N–H and O–H groups in total. The van der Waals surface area contributed by atoms with E-state index in [2.05, 4.69) is 34.7 Å². The van der Waals surface area contributed by atoms with Crippen molar-refractivity contribution in [1.29, 1.82) is 0 Å². The molecule has 1 aromatic heterocycles. The van der Waals surface area contributed by atoms with Gasteiger partial charge < -0.3 is 4.90 Å². The molecule has 4 nitrogen and oxygen atoms in total. The number of aromatic nitrogens is 2. The van der Waals surface area contributed by atoms with Crippen LogP contribution in [0.5, 0.6) is 0 Å². The molecule has 1 saturated carbocycles. The van der Waals surface area contributed by atoms with Crippen LogP contribution in [0.2, 0.25) is 0 Å². The van der Waals surface area contributed by atoms with Crippen LogP contribution in [0.3, 0.4) is 0 Å². The fourth-order valence-electron chi connectivity index (χ4n) is 5.07. The van der Waals surface area contributed by atoms with E-state index in [4.69, 9.17) is 0 Å². The van der Waals surface area contributed by atoms with Gasteiger partial charge in [0.15, 0.2) is 0 Å². The van der Waals surface area contributed by atoms with Crippen LogP contribution >= 0.6 is 0 Å². The summed E-state index contributed by atoms with van der Waals surface area (Å²) in [7, 11) is 0. The van der Waals surface area contributed by atoms with Gasteiger partial charge in [-0.25, -0.2) is 0 Å². The van der Waals surface area contributed by atoms with Gasteiger partial charge in [0.25, 0.3) is 0 Å². The normalized spacial score (nSPS) is 24.9. The molecule has 0 spiro atoms. The first kappa shape index (κ1) is 21.5. The number of hydrogen-bond donors (Lipinski definition) is 0. The summed E-state index contributed by atoms with van der Waals surface area (Å²) in [5.74, 6) is 2.48. The molecule has 4 heteroatoms. The Morgan fingerprint density at radius 3 is 2.32 bits per heavy atom. The van der Waals surface area contributed by atoms with Gasteiger partial charge in [0.2, 0.25) is 0 Å². The Hall–Kier alpha value is -1.16. The average molecular weight is 388 g/mol. The van der Waals surface area contributed by atoms with Crippen molar-refractivity contribution in [3.63, 3.8) is 0 Å². The second-order valence-electron chi connectivity index (χ2n) is 9.90. The number of ketones is 1. The fourth-order valence-corrected chi connectivity index (χ4v) is 5.07. The van der Waals surface area contributed by atoms with E-state index in [0.29, 0.717) is 23.7 Å². The van der Waals surface area contributed by atoms with Gasteiger partial charge in [-0.15, -0.1) is 0 Å². The predicted molar refractivity (Wildman–Crippen MR) is 116 cm³/mol. The summed E-state index contributed by atoms with van der Waals surface area (Å²) in [4.78, 5) is 14.8. The summed E-state index contributed by atoms with van der Waals surface area (Å²) < 4.78 is 2.21. The standard InChI is InChI=1S/C24H41N3O/c1-18(2)22-16-25-27(17-22)23-11-14-26(15-12-23)13-5-6-20-7-9-21(10-8-20)24(28)19(3)4/h16-21,23H,5-15H2,1-4H3. The molecular formula is C24H41N3O. The first-order chi connectivity index (χ1) is 13.4. The number of carbonyl (C=O) groups is 1. The first-order valence-electron chi connectivity index (χ1n) is 11.7. The molecule has 2 fully saturated rings. The van der Waals surface area contributed by atoms with Crippen molar-refractivity contribution in [3.8, 4) is 0 Å². The first-order valence-corrected chi connectivity index (χ1v) is 11.7. The summed E-state index contributed by atoms with van der Waals surface area (Å²) in [6.07, 6.45) is 14.2. The number of hydrogen-bond acceptors (Lipinski definition) is 3. The maximum atomic E-state index is 12.2. The molecule has 0 radical (unpaired) electrons. The Bertz CT molecular complexity index is 605. The molecule has 0 amide bonds. The second-order valence-corrected chi connectivity index (χ2v) is 9.90. The molecule has 0 atom stereocenters. The van der Waals surface area contributed by atoms with Crippen LogP contribution in [-0.4, -0.2) is 40.1 Å². The van der Waals surface area contributed by atoms with E-state index in [0.717, 1.165) is 18.8 Å². The van der Waals surface area contributed by atoms with Crippen molar-refractivity contribution < 1.29 is 4.79 Å². The molecule has 1 saturated heterocycles. The number of nitrogens with zero attached hydrogens (tertiary/aromatic N) is 3. The molecule has 2 aliphatic rings. The van der Waals surface area contributed by atoms with Crippen LogP contribution in [0.15, 0.2) is 12.4 Å². The largest absolute Gasteiger partial charge is 0.303 e. The monoisotopic (exact) mass is 387 g/mol. The lowest BCUT2D eigenvalue weighted by atomic mass is 9.76. The third kappa shape index (κ3) is 5.68. The second kappa shape index (κ2) is 10.0. The minimum Gasteiger partial charge on any atom is -0.303 e. The zero-order valence-electron chi connectivity index (χ0n) is 18.6. The Morgan fingerprint density at radius 2 is 1.75 bits per heavy atom. The molecule has 0 bridgehead atoms. The molecule has 3 rings (SSSR count). The van der Waals surface area contributed by atoms with Gasteiger partial charge >= 0.3 is 0 Å². The third-order valence-electron chi connectivity index (χ3n) is 7.12. The summed E-state index contributed by atoms with van der Waals surface area (Å²) in [5.41, 5.74) is 1.35. The number of Topliss-reactive ketones (excluding diaryl/α,β-unsaturated/α-hetero) is 1. The lowest BCUT2D eigenvalue weighted by Gasteiger charge is -2.33. The van der Waals surface area contributed by atoms with Gasteiger partial charge in [-0.2, -0.15) is 5.10 Å². The van der Waals surface area contributed by atoms with Crippen LogP contribution in [0.4, 0.5) is 0 Å². The lowest BCUT2D eigenvalue weighted by Crippen LogP contribution is -2.35.